The zero-order chi connectivity index (χ0) is 11.8. The van der Waals surface area contributed by atoms with Gasteiger partial charge in [0.1, 0.15) is 0 Å². The molecule has 1 atom stereocenters. The molecule has 2 nitrogen and oxygen atoms in total. The summed E-state index contributed by atoms with van der Waals surface area (Å²) >= 11 is 0. The third kappa shape index (κ3) is 5.01. The van der Waals surface area contributed by atoms with Crippen LogP contribution >= 0.6 is 0 Å². The van der Waals surface area contributed by atoms with Gasteiger partial charge in [0.25, 0.3) is 0 Å². The highest BCUT2D eigenvalue weighted by Crippen LogP contribution is 2.17. The van der Waals surface area contributed by atoms with E-state index in [1.165, 1.54) is 32.4 Å². The molecule has 16 heavy (non-hydrogen) atoms. The first-order valence-corrected chi connectivity index (χ1v) is 6.65. The molecule has 0 saturated carbocycles. The maximum Gasteiger partial charge on any atom is 0.0220 e. The van der Waals surface area contributed by atoms with Crippen molar-refractivity contribution in [3.63, 3.8) is 0 Å². The third-order valence-corrected chi connectivity index (χ3v) is 3.28. The summed E-state index contributed by atoms with van der Waals surface area (Å²) < 4.78 is 0. The number of hydrogen-bond acceptors (Lipinski definition) is 2. The fourth-order valence-corrected chi connectivity index (χ4v) is 2.34. The smallest absolute Gasteiger partial charge is 0.0220 e. The Labute approximate surface area is 101 Å². The van der Waals surface area contributed by atoms with Gasteiger partial charge >= 0.3 is 0 Å². The van der Waals surface area contributed by atoms with Gasteiger partial charge in [-0.2, -0.15) is 0 Å². The van der Waals surface area contributed by atoms with Crippen LogP contribution in [0.3, 0.4) is 0 Å². The minimum Gasteiger partial charge on any atom is -0.313 e. The third-order valence-electron chi connectivity index (χ3n) is 3.28. The van der Waals surface area contributed by atoms with Crippen LogP contribution in [0.2, 0.25) is 0 Å². The average molecular weight is 222 g/mol. The van der Waals surface area contributed by atoms with Gasteiger partial charge in [-0.15, -0.1) is 12.3 Å². The van der Waals surface area contributed by atoms with E-state index in [2.05, 4.69) is 30.0 Å². The molecule has 0 aromatic heterocycles. The minimum atomic E-state index is 0.592. The lowest BCUT2D eigenvalue weighted by atomic mass is 10.0. The van der Waals surface area contributed by atoms with E-state index in [0.29, 0.717) is 6.04 Å². The maximum atomic E-state index is 5.30. The molecule has 1 aliphatic rings. The van der Waals surface area contributed by atoms with Crippen molar-refractivity contribution in [2.45, 2.75) is 58.0 Å². The van der Waals surface area contributed by atoms with Crippen molar-refractivity contribution in [1.82, 2.24) is 10.2 Å². The van der Waals surface area contributed by atoms with E-state index in [0.717, 1.165) is 25.4 Å². The molecular weight excluding hydrogens is 196 g/mol. The summed E-state index contributed by atoms with van der Waals surface area (Å²) in [5.41, 5.74) is 0. The van der Waals surface area contributed by atoms with Gasteiger partial charge < -0.3 is 5.32 Å². The number of nitrogens with one attached hydrogen (secondary N) is 1. The van der Waals surface area contributed by atoms with E-state index < -0.39 is 0 Å². The quantitative estimate of drug-likeness (QED) is 0.548. The van der Waals surface area contributed by atoms with Gasteiger partial charge in [0.2, 0.25) is 0 Å². The van der Waals surface area contributed by atoms with Gasteiger partial charge in [-0.1, -0.05) is 20.3 Å². The molecular formula is C14H26N2. The van der Waals surface area contributed by atoms with Crippen LogP contribution in [0.4, 0.5) is 0 Å². The first kappa shape index (κ1) is 13.5. The Morgan fingerprint density at radius 2 is 2.25 bits per heavy atom. The second-order valence-electron chi connectivity index (χ2n) is 5.06. The highest BCUT2D eigenvalue weighted by Gasteiger charge is 2.21. The number of terminal acetylenes is 1. The summed E-state index contributed by atoms with van der Waals surface area (Å²) in [6.45, 7) is 7.99. The molecule has 1 N–H and O–H groups in total. The number of unbranched alkanes of at least 4 members (excludes halogenated alkanes) is 1. The first-order chi connectivity index (χ1) is 7.74. The summed E-state index contributed by atoms with van der Waals surface area (Å²) in [5.74, 6) is 2.73. The SMILES string of the molecule is C#CCCCN1CCCCC1CNC(C)C. The fraction of sp³-hybridized carbons (Fsp3) is 0.857. The Bertz CT molecular complexity index is 217. The van der Waals surface area contributed by atoms with Gasteiger partial charge in [0.05, 0.1) is 0 Å². The van der Waals surface area contributed by atoms with Crippen molar-refractivity contribution in [2.24, 2.45) is 0 Å². The molecule has 1 unspecified atom stereocenters. The number of piperidine rings is 1. The average Bonchev–Trinajstić information content (AvgIpc) is 2.28. The molecule has 0 bridgehead atoms. The molecule has 1 saturated heterocycles. The summed E-state index contributed by atoms with van der Waals surface area (Å²) in [4.78, 5) is 2.62. The minimum absolute atomic E-state index is 0.592. The van der Waals surface area contributed by atoms with Crippen LogP contribution in [-0.2, 0) is 0 Å². The van der Waals surface area contributed by atoms with Crippen molar-refractivity contribution in [2.75, 3.05) is 19.6 Å². The predicted molar refractivity (Wildman–Crippen MR) is 70.4 cm³/mol. The van der Waals surface area contributed by atoms with Gasteiger partial charge in [0, 0.05) is 25.0 Å². The Morgan fingerprint density at radius 1 is 1.44 bits per heavy atom. The van der Waals surface area contributed by atoms with Crippen molar-refractivity contribution in [3.05, 3.63) is 0 Å². The maximum absolute atomic E-state index is 5.30. The van der Waals surface area contributed by atoms with Crippen LogP contribution in [-0.4, -0.2) is 36.6 Å². The summed E-state index contributed by atoms with van der Waals surface area (Å²) in [5, 5.41) is 3.55. The van der Waals surface area contributed by atoms with Crippen LogP contribution in [0.25, 0.3) is 0 Å². The number of rotatable bonds is 6. The lowest BCUT2D eigenvalue weighted by Crippen LogP contribution is -2.47. The van der Waals surface area contributed by atoms with Gasteiger partial charge in [0.15, 0.2) is 0 Å². The van der Waals surface area contributed by atoms with E-state index in [9.17, 15) is 0 Å². The van der Waals surface area contributed by atoms with E-state index in [1.807, 2.05) is 0 Å². The Balaban J connectivity index is 2.29. The van der Waals surface area contributed by atoms with Gasteiger partial charge in [-0.25, -0.2) is 0 Å². The topological polar surface area (TPSA) is 15.3 Å². The predicted octanol–water partition coefficient (Wildman–Crippen LogP) is 2.25. The van der Waals surface area contributed by atoms with Crippen molar-refractivity contribution >= 4 is 0 Å². The van der Waals surface area contributed by atoms with Crippen molar-refractivity contribution in [1.29, 1.82) is 0 Å². The van der Waals surface area contributed by atoms with Crippen LogP contribution in [0.5, 0.6) is 0 Å². The summed E-state index contributed by atoms with van der Waals surface area (Å²) in [6, 6.07) is 1.32. The molecule has 1 heterocycles. The second-order valence-corrected chi connectivity index (χ2v) is 5.06. The fourth-order valence-electron chi connectivity index (χ4n) is 2.34. The molecule has 1 aliphatic heterocycles. The zero-order valence-corrected chi connectivity index (χ0v) is 10.8. The van der Waals surface area contributed by atoms with E-state index >= 15 is 0 Å². The van der Waals surface area contributed by atoms with Gasteiger partial charge in [-0.3, -0.25) is 4.90 Å². The van der Waals surface area contributed by atoms with Crippen LogP contribution in [0.15, 0.2) is 0 Å². The highest BCUT2D eigenvalue weighted by atomic mass is 15.2. The number of likely N-dealkylation sites (tertiary alicyclic amines) is 1. The van der Waals surface area contributed by atoms with Crippen molar-refractivity contribution in [3.8, 4) is 12.3 Å². The monoisotopic (exact) mass is 222 g/mol. The first-order valence-electron chi connectivity index (χ1n) is 6.65. The standard InChI is InChI=1S/C14H26N2/c1-4-5-7-10-16-11-8-6-9-14(16)12-15-13(2)3/h1,13-15H,5-12H2,2-3H3. The van der Waals surface area contributed by atoms with E-state index in [1.54, 1.807) is 0 Å². The molecule has 1 fully saturated rings. The summed E-state index contributed by atoms with van der Waals surface area (Å²) in [7, 11) is 0. The number of nitrogens with zero attached hydrogens (tertiary/aromatic N) is 1. The van der Waals surface area contributed by atoms with Crippen LogP contribution < -0.4 is 5.32 Å². The second kappa shape index (κ2) is 7.70. The molecule has 0 aromatic carbocycles. The molecule has 0 aliphatic carbocycles. The Morgan fingerprint density at radius 3 is 2.94 bits per heavy atom. The zero-order valence-electron chi connectivity index (χ0n) is 10.8. The molecule has 0 aromatic rings. The molecule has 2 heteroatoms. The lowest BCUT2D eigenvalue weighted by Gasteiger charge is -2.36. The molecule has 92 valence electrons. The lowest BCUT2D eigenvalue weighted by molar-refractivity contribution is 0.142. The Hall–Kier alpha value is -0.520. The normalized spacial score (nSPS) is 22.2. The van der Waals surface area contributed by atoms with Gasteiger partial charge in [-0.05, 0) is 32.4 Å². The largest absolute Gasteiger partial charge is 0.313 e. The van der Waals surface area contributed by atoms with Crippen molar-refractivity contribution < 1.29 is 0 Å². The number of hydrogen-bond donors (Lipinski definition) is 1. The van der Waals surface area contributed by atoms with E-state index in [4.69, 9.17) is 6.42 Å². The van der Waals surface area contributed by atoms with Crippen LogP contribution in [0, 0.1) is 12.3 Å². The molecule has 0 amide bonds. The highest BCUT2D eigenvalue weighted by molar-refractivity contribution is 4.85. The Kier molecular flexibility index (Phi) is 6.52. The summed E-state index contributed by atoms with van der Waals surface area (Å²) in [6.07, 6.45) is 11.4. The van der Waals surface area contributed by atoms with E-state index in [-0.39, 0.29) is 0 Å². The molecule has 1 rings (SSSR count). The molecule has 0 radical (unpaired) electrons. The van der Waals surface area contributed by atoms with Crippen LogP contribution in [0.1, 0.15) is 46.0 Å². The molecule has 0 spiro atoms.